The van der Waals surface area contributed by atoms with Crippen molar-refractivity contribution in [2.75, 3.05) is 0 Å². The van der Waals surface area contributed by atoms with Gasteiger partial charge in [0.2, 0.25) is 5.95 Å². The van der Waals surface area contributed by atoms with Gasteiger partial charge in [-0.05, 0) is 18.2 Å². The van der Waals surface area contributed by atoms with E-state index in [0.717, 1.165) is 10.9 Å². The number of halogens is 1. The van der Waals surface area contributed by atoms with Crippen LogP contribution in [-0.2, 0) is 0 Å². The van der Waals surface area contributed by atoms with Crippen molar-refractivity contribution >= 4 is 10.9 Å². The zero-order valence-electron chi connectivity index (χ0n) is 8.34. The molecule has 3 nitrogen and oxygen atoms in total. The fourth-order valence-corrected chi connectivity index (χ4v) is 1.61. The molecule has 0 radical (unpaired) electrons. The Bertz CT molecular complexity index is 612. The van der Waals surface area contributed by atoms with Gasteiger partial charge >= 0.3 is 0 Å². The van der Waals surface area contributed by atoms with Gasteiger partial charge in [0.05, 0.1) is 5.52 Å². The zero-order valence-corrected chi connectivity index (χ0v) is 8.34. The van der Waals surface area contributed by atoms with E-state index in [-0.39, 0.29) is 0 Å². The number of benzene rings is 1. The summed E-state index contributed by atoms with van der Waals surface area (Å²) in [7, 11) is 0. The lowest BCUT2D eigenvalue weighted by molar-refractivity contribution is 0.578. The molecule has 2 aromatic heterocycles. The Hall–Kier alpha value is -2.23. The Kier molecular flexibility index (Phi) is 1.93. The predicted molar refractivity (Wildman–Crippen MR) is 58.8 cm³/mol. The molecule has 0 atom stereocenters. The SMILES string of the molecule is Fc1cccc(-n2cc3ccccc3n2)n1. The molecule has 0 saturated carbocycles. The molecule has 0 unspecified atom stereocenters. The Morgan fingerprint density at radius 2 is 1.88 bits per heavy atom. The molecular formula is C12H8FN3. The van der Waals surface area contributed by atoms with Crippen molar-refractivity contribution in [3.05, 3.63) is 54.6 Å². The quantitative estimate of drug-likeness (QED) is 0.581. The first kappa shape index (κ1) is 9.03. The fraction of sp³-hybridized carbons (Fsp3) is 0. The van der Waals surface area contributed by atoms with Crippen LogP contribution in [0.5, 0.6) is 0 Å². The molecule has 78 valence electrons. The number of nitrogens with zero attached hydrogens (tertiary/aromatic N) is 3. The average Bonchev–Trinajstić information content (AvgIpc) is 2.72. The molecule has 0 aliphatic heterocycles. The van der Waals surface area contributed by atoms with Gasteiger partial charge in [-0.2, -0.15) is 9.49 Å². The van der Waals surface area contributed by atoms with Crippen molar-refractivity contribution in [3.8, 4) is 5.82 Å². The van der Waals surface area contributed by atoms with Gasteiger partial charge in [0, 0.05) is 11.6 Å². The number of rotatable bonds is 1. The summed E-state index contributed by atoms with van der Waals surface area (Å²) in [4.78, 5) is 3.77. The second-order valence-corrected chi connectivity index (χ2v) is 3.45. The monoisotopic (exact) mass is 213 g/mol. The minimum Gasteiger partial charge on any atom is -0.221 e. The van der Waals surface area contributed by atoms with E-state index in [0.29, 0.717) is 5.82 Å². The molecule has 3 aromatic rings. The molecule has 16 heavy (non-hydrogen) atoms. The summed E-state index contributed by atoms with van der Waals surface area (Å²) >= 11 is 0. The maximum Gasteiger partial charge on any atom is 0.214 e. The molecule has 0 fully saturated rings. The number of pyridine rings is 1. The Balaban J connectivity index is 2.19. The molecule has 0 aliphatic carbocycles. The lowest BCUT2D eigenvalue weighted by atomic mass is 10.3. The van der Waals surface area contributed by atoms with Gasteiger partial charge in [-0.3, -0.25) is 0 Å². The molecule has 0 N–H and O–H groups in total. The zero-order chi connectivity index (χ0) is 11.0. The minimum atomic E-state index is -0.503. The lowest BCUT2D eigenvalue weighted by Crippen LogP contribution is -1.98. The molecular weight excluding hydrogens is 205 g/mol. The van der Waals surface area contributed by atoms with Crippen LogP contribution in [0.25, 0.3) is 16.7 Å². The van der Waals surface area contributed by atoms with Crippen molar-refractivity contribution in [3.63, 3.8) is 0 Å². The van der Waals surface area contributed by atoms with E-state index in [4.69, 9.17) is 0 Å². The summed E-state index contributed by atoms with van der Waals surface area (Å²) in [5.74, 6) is -0.0201. The second kappa shape index (κ2) is 3.41. The number of hydrogen-bond acceptors (Lipinski definition) is 2. The van der Waals surface area contributed by atoms with E-state index in [1.54, 1.807) is 16.8 Å². The molecule has 1 aromatic carbocycles. The minimum absolute atomic E-state index is 0.483. The van der Waals surface area contributed by atoms with Gasteiger partial charge in [0.1, 0.15) is 0 Å². The average molecular weight is 213 g/mol. The summed E-state index contributed by atoms with van der Waals surface area (Å²) in [6.07, 6.45) is 1.83. The standard InChI is InChI=1S/C12H8FN3/c13-11-6-3-7-12(14-11)16-8-9-4-1-2-5-10(9)15-16/h1-8H. The van der Waals surface area contributed by atoms with Gasteiger partial charge < -0.3 is 0 Å². The van der Waals surface area contributed by atoms with Gasteiger partial charge in [-0.25, -0.2) is 9.67 Å². The Morgan fingerprint density at radius 3 is 2.69 bits per heavy atom. The summed E-state index contributed by atoms with van der Waals surface area (Å²) in [5, 5.41) is 5.32. The molecule has 4 heteroatoms. The van der Waals surface area contributed by atoms with E-state index in [9.17, 15) is 4.39 Å². The van der Waals surface area contributed by atoms with Crippen LogP contribution in [-0.4, -0.2) is 14.8 Å². The van der Waals surface area contributed by atoms with E-state index in [1.807, 2.05) is 30.5 Å². The smallest absolute Gasteiger partial charge is 0.214 e. The number of fused-ring (bicyclic) bond motifs is 1. The maximum absolute atomic E-state index is 13.0. The fourth-order valence-electron chi connectivity index (χ4n) is 1.61. The Labute approximate surface area is 91.2 Å². The van der Waals surface area contributed by atoms with Crippen molar-refractivity contribution in [2.24, 2.45) is 0 Å². The highest BCUT2D eigenvalue weighted by molar-refractivity contribution is 5.78. The van der Waals surface area contributed by atoms with Crippen LogP contribution in [0, 0.1) is 5.95 Å². The summed E-state index contributed by atoms with van der Waals surface area (Å²) in [6, 6.07) is 12.4. The highest BCUT2D eigenvalue weighted by Crippen LogP contribution is 2.13. The summed E-state index contributed by atoms with van der Waals surface area (Å²) < 4.78 is 14.5. The lowest BCUT2D eigenvalue weighted by Gasteiger charge is -1.98. The van der Waals surface area contributed by atoms with Gasteiger partial charge in [0.15, 0.2) is 5.82 Å². The van der Waals surface area contributed by atoms with Gasteiger partial charge in [0.25, 0.3) is 0 Å². The first-order chi connectivity index (χ1) is 7.83. The van der Waals surface area contributed by atoms with Crippen LogP contribution in [0.3, 0.4) is 0 Å². The first-order valence-corrected chi connectivity index (χ1v) is 4.90. The topological polar surface area (TPSA) is 30.7 Å². The van der Waals surface area contributed by atoms with Crippen molar-refractivity contribution in [1.82, 2.24) is 14.8 Å². The number of hydrogen-bond donors (Lipinski definition) is 0. The summed E-state index contributed by atoms with van der Waals surface area (Å²) in [5.41, 5.74) is 0.869. The van der Waals surface area contributed by atoms with Crippen LogP contribution in [0.4, 0.5) is 4.39 Å². The van der Waals surface area contributed by atoms with Crippen LogP contribution in [0.1, 0.15) is 0 Å². The van der Waals surface area contributed by atoms with Gasteiger partial charge in [-0.1, -0.05) is 24.3 Å². The molecule has 0 bridgehead atoms. The van der Waals surface area contributed by atoms with E-state index >= 15 is 0 Å². The van der Waals surface area contributed by atoms with Crippen LogP contribution in [0.2, 0.25) is 0 Å². The van der Waals surface area contributed by atoms with Gasteiger partial charge in [-0.15, -0.1) is 0 Å². The second-order valence-electron chi connectivity index (χ2n) is 3.45. The van der Waals surface area contributed by atoms with Crippen LogP contribution < -0.4 is 0 Å². The molecule has 0 amide bonds. The van der Waals surface area contributed by atoms with Crippen LogP contribution in [0.15, 0.2) is 48.7 Å². The van der Waals surface area contributed by atoms with Crippen molar-refractivity contribution in [1.29, 1.82) is 0 Å². The van der Waals surface area contributed by atoms with E-state index in [1.165, 1.54) is 6.07 Å². The van der Waals surface area contributed by atoms with Crippen LogP contribution >= 0.6 is 0 Å². The normalized spacial score (nSPS) is 10.8. The maximum atomic E-state index is 13.0. The van der Waals surface area contributed by atoms with E-state index in [2.05, 4.69) is 10.1 Å². The third-order valence-electron chi connectivity index (χ3n) is 2.35. The molecule has 3 rings (SSSR count). The van der Waals surface area contributed by atoms with Crippen molar-refractivity contribution < 1.29 is 4.39 Å². The molecule has 2 heterocycles. The number of aromatic nitrogens is 3. The summed E-state index contributed by atoms with van der Waals surface area (Å²) in [6.45, 7) is 0. The molecule has 0 spiro atoms. The highest BCUT2D eigenvalue weighted by Gasteiger charge is 2.03. The largest absolute Gasteiger partial charge is 0.221 e. The van der Waals surface area contributed by atoms with E-state index < -0.39 is 5.95 Å². The third kappa shape index (κ3) is 1.44. The third-order valence-corrected chi connectivity index (χ3v) is 2.35. The first-order valence-electron chi connectivity index (χ1n) is 4.90. The Morgan fingerprint density at radius 1 is 1.00 bits per heavy atom. The highest BCUT2D eigenvalue weighted by atomic mass is 19.1. The van der Waals surface area contributed by atoms with Crippen molar-refractivity contribution in [2.45, 2.75) is 0 Å². The molecule has 0 saturated heterocycles. The molecule has 0 aliphatic rings. The predicted octanol–water partition coefficient (Wildman–Crippen LogP) is 2.56.